The highest BCUT2D eigenvalue weighted by atomic mass is 32.1. The Labute approximate surface area is 194 Å². The smallest absolute Gasteiger partial charge is 0.341 e. The number of benzene rings is 1. The molecule has 0 saturated carbocycles. The number of aryl methyl sites for hydroxylation is 1. The number of hydrogen-bond donors (Lipinski definition) is 1. The van der Waals surface area contributed by atoms with Crippen LogP contribution in [0.5, 0.6) is 5.75 Å². The number of nitrogens with zero attached hydrogens (tertiary/aromatic N) is 2. The normalized spacial score (nSPS) is 18.3. The highest BCUT2D eigenvalue weighted by molar-refractivity contribution is 7.16. The number of para-hydroxylation sites is 2. The first-order valence-electron chi connectivity index (χ1n) is 10.6. The number of nitrogens with one attached hydrogen (secondary N) is 1. The van der Waals surface area contributed by atoms with Crippen molar-refractivity contribution < 1.29 is 28.7 Å². The van der Waals surface area contributed by atoms with Crippen LogP contribution in [0, 0.1) is 5.92 Å². The third-order valence-corrected chi connectivity index (χ3v) is 6.70. The Morgan fingerprint density at radius 2 is 2.00 bits per heavy atom. The maximum absolute atomic E-state index is 13.2. The first-order chi connectivity index (χ1) is 16.0. The lowest BCUT2D eigenvalue weighted by molar-refractivity contribution is -0.131. The highest BCUT2D eigenvalue weighted by Crippen LogP contribution is 2.40. The number of barbiturate groups is 1. The van der Waals surface area contributed by atoms with Gasteiger partial charge in [0.1, 0.15) is 10.8 Å². The average Bonchev–Trinajstić information content (AvgIpc) is 3.17. The molecule has 4 rings (SSSR count). The second-order valence-electron chi connectivity index (χ2n) is 7.51. The second kappa shape index (κ2) is 9.53. The molecule has 1 atom stereocenters. The molecule has 0 spiro atoms. The summed E-state index contributed by atoms with van der Waals surface area (Å²) in [6, 6.07) is 5.65. The van der Waals surface area contributed by atoms with Gasteiger partial charge in [-0.15, -0.1) is 11.3 Å². The summed E-state index contributed by atoms with van der Waals surface area (Å²) in [7, 11) is 1.42. The van der Waals surface area contributed by atoms with E-state index in [0.717, 1.165) is 41.0 Å². The van der Waals surface area contributed by atoms with Crippen LogP contribution in [0.1, 0.15) is 40.6 Å². The molecule has 1 saturated heterocycles. The lowest BCUT2D eigenvalue weighted by Crippen LogP contribution is -2.58. The Bertz CT molecular complexity index is 1160. The SMILES string of the molecule is CCOC(=O)c1c(N=C[C@@H]2C(=O)NC(=O)N(c3ccccc3OC)C2=O)sc2c1CCCC2. The lowest BCUT2D eigenvalue weighted by Gasteiger charge is -2.29. The summed E-state index contributed by atoms with van der Waals surface area (Å²) < 4.78 is 10.5. The first kappa shape index (κ1) is 22.7. The number of fused-ring (bicyclic) bond motifs is 1. The summed E-state index contributed by atoms with van der Waals surface area (Å²) in [6.45, 7) is 1.96. The Balaban J connectivity index is 1.68. The quantitative estimate of drug-likeness (QED) is 0.394. The molecule has 0 bridgehead atoms. The third kappa shape index (κ3) is 4.25. The van der Waals surface area contributed by atoms with Crippen LogP contribution >= 0.6 is 11.3 Å². The molecule has 0 radical (unpaired) electrons. The number of aliphatic imine (C=N–C) groups is 1. The molecule has 1 N–H and O–H groups in total. The molecule has 1 aliphatic carbocycles. The molecule has 2 aliphatic rings. The van der Waals surface area contributed by atoms with Crippen LogP contribution in [-0.2, 0) is 27.2 Å². The minimum atomic E-state index is -1.35. The van der Waals surface area contributed by atoms with Crippen molar-refractivity contribution in [3.63, 3.8) is 0 Å². The molecule has 2 aromatic rings. The van der Waals surface area contributed by atoms with Crippen LogP contribution in [0.4, 0.5) is 15.5 Å². The zero-order valence-corrected chi connectivity index (χ0v) is 19.1. The van der Waals surface area contributed by atoms with Crippen molar-refractivity contribution >= 4 is 52.1 Å². The lowest BCUT2D eigenvalue weighted by atomic mass is 9.95. The highest BCUT2D eigenvalue weighted by Gasteiger charge is 2.41. The predicted octanol–water partition coefficient (Wildman–Crippen LogP) is 3.41. The Morgan fingerprint density at radius 1 is 1.24 bits per heavy atom. The molecule has 4 amide bonds. The summed E-state index contributed by atoms with van der Waals surface area (Å²) in [5.74, 6) is -3.03. The van der Waals surface area contributed by atoms with Crippen LogP contribution in [0.25, 0.3) is 0 Å². The van der Waals surface area contributed by atoms with Crippen LogP contribution in [0.15, 0.2) is 29.3 Å². The van der Waals surface area contributed by atoms with E-state index in [2.05, 4.69) is 10.3 Å². The van der Waals surface area contributed by atoms with E-state index in [1.54, 1.807) is 31.2 Å². The molecule has 1 aromatic heterocycles. The molecular formula is C23H23N3O6S. The number of thiophene rings is 1. The number of carbonyl (C=O) groups is 4. The van der Waals surface area contributed by atoms with Crippen molar-refractivity contribution in [2.45, 2.75) is 32.6 Å². The van der Waals surface area contributed by atoms with E-state index in [0.29, 0.717) is 16.3 Å². The van der Waals surface area contributed by atoms with Crippen LogP contribution in [0.3, 0.4) is 0 Å². The molecule has 2 heterocycles. The number of anilines is 1. The molecular weight excluding hydrogens is 446 g/mol. The van der Waals surface area contributed by atoms with Gasteiger partial charge in [0.05, 0.1) is 25.0 Å². The van der Waals surface area contributed by atoms with Gasteiger partial charge in [0.15, 0.2) is 5.92 Å². The standard InChI is InChI=1S/C23H23N3O6S/c1-3-32-22(29)18-13-8-4-7-11-17(13)33-20(18)24-12-14-19(27)25-23(30)26(21(14)28)15-9-5-6-10-16(15)31-2/h5-6,9-10,12,14H,3-4,7-8,11H2,1-2H3,(H,25,27,30)/t14-/m1/s1. The molecule has 10 heteroatoms. The van der Waals surface area contributed by atoms with Crippen molar-refractivity contribution in [3.05, 3.63) is 40.3 Å². The maximum Gasteiger partial charge on any atom is 0.341 e. The first-order valence-corrected chi connectivity index (χ1v) is 11.5. The molecule has 1 fully saturated rings. The summed E-state index contributed by atoms with van der Waals surface area (Å²) in [5, 5.41) is 2.60. The Kier molecular flexibility index (Phi) is 6.55. The van der Waals surface area contributed by atoms with Crippen LogP contribution < -0.4 is 15.0 Å². The number of ether oxygens (including phenoxy) is 2. The largest absolute Gasteiger partial charge is 0.495 e. The fourth-order valence-corrected chi connectivity index (χ4v) is 5.19. The third-order valence-electron chi connectivity index (χ3n) is 5.50. The fourth-order valence-electron chi connectivity index (χ4n) is 3.96. The molecule has 33 heavy (non-hydrogen) atoms. The van der Waals surface area contributed by atoms with Crippen molar-refractivity contribution in [2.24, 2.45) is 10.9 Å². The monoisotopic (exact) mass is 469 g/mol. The van der Waals surface area contributed by atoms with E-state index in [1.165, 1.54) is 24.7 Å². The van der Waals surface area contributed by atoms with Crippen molar-refractivity contribution in [2.75, 3.05) is 18.6 Å². The van der Waals surface area contributed by atoms with Gasteiger partial charge in [-0.25, -0.2) is 19.5 Å². The number of esters is 1. The predicted molar refractivity (Wildman–Crippen MR) is 123 cm³/mol. The molecule has 9 nitrogen and oxygen atoms in total. The van der Waals surface area contributed by atoms with Gasteiger partial charge < -0.3 is 9.47 Å². The van der Waals surface area contributed by atoms with E-state index in [9.17, 15) is 19.2 Å². The van der Waals surface area contributed by atoms with Gasteiger partial charge in [0, 0.05) is 11.1 Å². The van der Waals surface area contributed by atoms with E-state index in [4.69, 9.17) is 9.47 Å². The van der Waals surface area contributed by atoms with Gasteiger partial charge in [0.2, 0.25) is 5.91 Å². The minimum Gasteiger partial charge on any atom is -0.495 e. The van der Waals surface area contributed by atoms with Gasteiger partial charge in [-0.2, -0.15) is 0 Å². The van der Waals surface area contributed by atoms with Gasteiger partial charge in [-0.3, -0.25) is 14.9 Å². The number of urea groups is 1. The molecule has 1 aliphatic heterocycles. The van der Waals surface area contributed by atoms with Gasteiger partial charge in [-0.1, -0.05) is 12.1 Å². The van der Waals surface area contributed by atoms with Crippen molar-refractivity contribution in [1.82, 2.24) is 5.32 Å². The van der Waals surface area contributed by atoms with Crippen LogP contribution in [-0.4, -0.2) is 43.7 Å². The van der Waals surface area contributed by atoms with E-state index < -0.39 is 29.7 Å². The van der Waals surface area contributed by atoms with Crippen molar-refractivity contribution in [3.8, 4) is 5.75 Å². The topological polar surface area (TPSA) is 114 Å². The van der Waals surface area contributed by atoms with E-state index in [1.807, 2.05) is 0 Å². The average molecular weight is 470 g/mol. The molecule has 1 aromatic carbocycles. The summed E-state index contributed by atoms with van der Waals surface area (Å²) in [5.41, 5.74) is 1.54. The Morgan fingerprint density at radius 3 is 2.76 bits per heavy atom. The van der Waals surface area contributed by atoms with Crippen molar-refractivity contribution in [1.29, 1.82) is 0 Å². The number of methoxy groups -OCH3 is 1. The van der Waals surface area contributed by atoms with E-state index >= 15 is 0 Å². The zero-order valence-electron chi connectivity index (χ0n) is 18.3. The summed E-state index contributed by atoms with van der Waals surface area (Å²) in [6.07, 6.45) is 4.79. The summed E-state index contributed by atoms with van der Waals surface area (Å²) >= 11 is 1.37. The zero-order chi connectivity index (χ0) is 23.5. The number of amides is 4. The van der Waals surface area contributed by atoms with Gasteiger partial charge in [-0.05, 0) is 50.3 Å². The molecule has 172 valence electrons. The van der Waals surface area contributed by atoms with Gasteiger partial charge >= 0.3 is 12.0 Å². The minimum absolute atomic E-state index is 0.215. The Hall–Kier alpha value is -3.53. The number of rotatable bonds is 6. The number of hydrogen-bond acceptors (Lipinski definition) is 8. The fraction of sp³-hybridized carbons (Fsp3) is 0.348. The van der Waals surface area contributed by atoms with Crippen LogP contribution in [0.2, 0.25) is 0 Å². The van der Waals surface area contributed by atoms with Gasteiger partial charge in [0.25, 0.3) is 5.91 Å². The number of imide groups is 2. The number of carbonyl (C=O) groups excluding carboxylic acids is 4. The summed E-state index contributed by atoms with van der Waals surface area (Å²) in [4.78, 5) is 57.1. The van der Waals surface area contributed by atoms with E-state index in [-0.39, 0.29) is 12.3 Å². The second-order valence-corrected chi connectivity index (χ2v) is 8.59. The molecule has 0 unspecified atom stereocenters. The maximum atomic E-state index is 13.2.